The van der Waals surface area contributed by atoms with Crippen molar-refractivity contribution >= 4 is 17.4 Å². The molecule has 1 aliphatic heterocycles. The molecule has 3 rings (SSSR count). The van der Waals surface area contributed by atoms with Crippen molar-refractivity contribution in [1.29, 1.82) is 0 Å². The molecule has 138 valence electrons. The number of rotatable bonds is 4. The Balaban J connectivity index is 1.65. The summed E-state index contributed by atoms with van der Waals surface area (Å²) in [5, 5.41) is 3.60. The van der Waals surface area contributed by atoms with Gasteiger partial charge < -0.3 is 15.2 Å². The zero-order chi connectivity index (χ0) is 18.8. The first-order valence-corrected chi connectivity index (χ1v) is 9.20. The highest BCUT2D eigenvalue weighted by Crippen LogP contribution is 2.23. The van der Waals surface area contributed by atoms with Crippen LogP contribution in [0.3, 0.4) is 0 Å². The Hall–Kier alpha value is -2.56. The number of carbonyl (C=O) groups is 2. The summed E-state index contributed by atoms with van der Waals surface area (Å²) in [5.74, 6) is -0.0103. The lowest BCUT2D eigenvalue weighted by Gasteiger charge is -2.33. The summed E-state index contributed by atoms with van der Waals surface area (Å²) in [5.41, 5.74) is 5.14. The third-order valence-corrected chi connectivity index (χ3v) is 5.29. The van der Waals surface area contributed by atoms with E-state index in [1.54, 1.807) is 6.92 Å². The summed E-state index contributed by atoms with van der Waals surface area (Å²) in [6.07, 6.45) is 1.83. The average molecular weight is 353 g/mol. The molecule has 0 spiro atoms. The van der Waals surface area contributed by atoms with E-state index >= 15 is 0 Å². The molecule has 0 aliphatic carbocycles. The molecule has 5 nitrogen and oxygen atoms in total. The van der Waals surface area contributed by atoms with Gasteiger partial charge in [0.25, 0.3) is 5.91 Å². The van der Waals surface area contributed by atoms with Gasteiger partial charge in [-0.2, -0.15) is 0 Å². The number of piperidine rings is 1. The van der Waals surface area contributed by atoms with Gasteiger partial charge in [-0.3, -0.25) is 9.59 Å². The van der Waals surface area contributed by atoms with Crippen molar-refractivity contribution in [1.82, 2.24) is 9.88 Å². The first kappa shape index (κ1) is 18.2. The summed E-state index contributed by atoms with van der Waals surface area (Å²) in [6, 6.07) is 8.65. The molecule has 5 heteroatoms. The Bertz CT molecular complexity index is 830. The van der Waals surface area contributed by atoms with E-state index in [0.29, 0.717) is 17.3 Å². The van der Waals surface area contributed by atoms with E-state index < -0.39 is 0 Å². The number of aryl methyl sites for hydroxylation is 2. The van der Waals surface area contributed by atoms with Gasteiger partial charge in [-0.25, -0.2) is 0 Å². The maximum absolute atomic E-state index is 12.9. The number of hydrogen-bond donors (Lipinski definition) is 2. The molecule has 0 radical (unpaired) electrons. The lowest BCUT2D eigenvalue weighted by molar-refractivity contribution is 0.0712. The van der Waals surface area contributed by atoms with Gasteiger partial charge in [-0.1, -0.05) is 18.2 Å². The third-order valence-electron chi connectivity index (χ3n) is 5.29. The lowest BCUT2D eigenvalue weighted by Crippen LogP contribution is -2.42. The first-order chi connectivity index (χ1) is 12.4. The largest absolute Gasteiger partial charge is 0.382 e. The summed E-state index contributed by atoms with van der Waals surface area (Å²) in [4.78, 5) is 29.7. The summed E-state index contributed by atoms with van der Waals surface area (Å²) < 4.78 is 0. The molecular weight excluding hydrogens is 326 g/mol. The van der Waals surface area contributed by atoms with Crippen LogP contribution in [-0.4, -0.2) is 40.7 Å². The molecule has 1 amide bonds. The number of para-hydroxylation sites is 1. The van der Waals surface area contributed by atoms with Crippen LogP contribution in [-0.2, 0) is 0 Å². The lowest BCUT2D eigenvalue weighted by atomic mass is 10.0. The normalized spacial score (nSPS) is 15.2. The van der Waals surface area contributed by atoms with E-state index in [1.807, 2.05) is 30.9 Å². The van der Waals surface area contributed by atoms with Gasteiger partial charge in [-0.05, 0) is 57.7 Å². The molecule has 26 heavy (non-hydrogen) atoms. The summed E-state index contributed by atoms with van der Waals surface area (Å²) >= 11 is 0. The Morgan fingerprint density at radius 2 is 1.77 bits per heavy atom. The summed E-state index contributed by atoms with van der Waals surface area (Å²) in [6.45, 7) is 8.77. The Morgan fingerprint density at radius 1 is 1.12 bits per heavy atom. The van der Waals surface area contributed by atoms with Crippen LogP contribution in [0.5, 0.6) is 0 Å². The highest BCUT2D eigenvalue weighted by Gasteiger charge is 2.27. The Kier molecular flexibility index (Phi) is 5.16. The van der Waals surface area contributed by atoms with E-state index in [1.165, 1.54) is 11.3 Å². The zero-order valence-corrected chi connectivity index (χ0v) is 16.0. The highest BCUT2D eigenvalue weighted by atomic mass is 16.2. The SMILES string of the molecule is CC(=O)c1c(C)[nH]c(C(=O)N2CCC(Nc3ccccc3C)CC2)c1C. The topological polar surface area (TPSA) is 65.2 Å². The fourth-order valence-electron chi connectivity index (χ4n) is 3.83. The molecule has 1 aromatic carbocycles. The van der Waals surface area contributed by atoms with Gasteiger partial charge in [0.05, 0.1) is 0 Å². The molecular formula is C21H27N3O2. The molecule has 2 heterocycles. The number of H-pyrrole nitrogens is 1. The molecule has 0 atom stereocenters. The monoisotopic (exact) mass is 353 g/mol. The van der Waals surface area contributed by atoms with Crippen molar-refractivity contribution in [3.8, 4) is 0 Å². The number of Topliss-reactive ketones (excluding diaryl/α,β-unsaturated/α-hetero) is 1. The van der Waals surface area contributed by atoms with Gasteiger partial charge >= 0.3 is 0 Å². The quantitative estimate of drug-likeness (QED) is 0.820. The fraction of sp³-hybridized carbons (Fsp3) is 0.429. The minimum Gasteiger partial charge on any atom is -0.382 e. The number of amides is 1. The van der Waals surface area contributed by atoms with Crippen LogP contribution in [0.1, 0.15) is 57.4 Å². The number of ketones is 1. The molecule has 2 N–H and O–H groups in total. The van der Waals surface area contributed by atoms with E-state index in [9.17, 15) is 9.59 Å². The second kappa shape index (κ2) is 7.36. The van der Waals surface area contributed by atoms with Crippen molar-refractivity contribution in [3.05, 3.63) is 52.3 Å². The standard InChI is InChI=1S/C21H27N3O2/c1-13-7-5-6-8-18(13)23-17-9-11-24(12-10-17)21(26)20-14(2)19(16(4)25)15(3)22-20/h5-8,17,22-23H,9-12H2,1-4H3. The van der Waals surface area contributed by atoms with Crippen LogP contribution in [0.25, 0.3) is 0 Å². The van der Waals surface area contributed by atoms with E-state index in [4.69, 9.17) is 0 Å². The molecule has 1 aliphatic rings. The van der Waals surface area contributed by atoms with Gasteiger partial charge in [0.2, 0.25) is 0 Å². The number of anilines is 1. The molecule has 0 unspecified atom stereocenters. The average Bonchev–Trinajstić information content (AvgIpc) is 2.91. The van der Waals surface area contributed by atoms with Crippen LogP contribution in [0.2, 0.25) is 0 Å². The van der Waals surface area contributed by atoms with Gasteiger partial charge in [0, 0.05) is 36.1 Å². The van der Waals surface area contributed by atoms with Crippen LogP contribution in [0, 0.1) is 20.8 Å². The van der Waals surface area contributed by atoms with Crippen molar-refractivity contribution < 1.29 is 9.59 Å². The molecule has 0 saturated carbocycles. The van der Waals surface area contributed by atoms with Crippen molar-refractivity contribution in [2.24, 2.45) is 0 Å². The van der Waals surface area contributed by atoms with E-state index in [0.717, 1.165) is 37.2 Å². The number of aromatic amines is 1. The number of hydrogen-bond acceptors (Lipinski definition) is 3. The molecule has 0 bridgehead atoms. The highest BCUT2D eigenvalue weighted by molar-refractivity contribution is 6.02. The minimum atomic E-state index is -0.00700. The second-order valence-corrected chi connectivity index (χ2v) is 7.21. The molecule has 1 saturated heterocycles. The second-order valence-electron chi connectivity index (χ2n) is 7.21. The maximum Gasteiger partial charge on any atom is 0.270 e. The Morgan fingerprint density at radius 3 is 2.35 bits per heavy atom. The first-order valence-electron chi connectivity index (χ1n) is 9.20. The number of likely N-dealkylation sites (tertiary alicyclic amines) is 1. The minimum absolute atomic E-state index is 0.00330. The van der Waals surface area contributed by atoms with E-state index in [-0.39, 0.29) is 11.7 Å². The molecule has 1 aromatic heterocycles. The molecule has 1 fully saturated rings. The predicted octanol–water partition coefficient (Wildman–Crippen LogP) is 3.86. The van der Waals surface area contributed by atoms with Gasteiger partial charge in [0.1, 0.15) is 5.69 Å². The third kappa shape index (κ3) is 3.52. The number of benzene rings is 1. The van der Waals surface area contributed by atoms with Crippen LogP contribution in [0.4, 0.5) is 5.69 Å². The maximum atomic E-state index is 12.9. The van der Waals surface area contributed by atoms with Crippen molar-refractivity contribution in [3.63, 3.8) is 0 Å². The van der Waals surface area contributed by atoms with Gasteiger partial charge in [-0.15, -0.1) is 0 Å². The van der Waals surface area contributed by atoms with Crippen molar-refractivity contribution in [2.75, 3.05) is 18.4 Å². The zero-order valence-electron chi connectivity index (χ0n) is 16.0. The predicted molar refractivity (Wildman–Crippen MR) is 104 cm³/mol. The van der Waals surface area contributed by atoms with Crippen LogP contribution in [0.15, 0.2) is 24.3 Å². The van der Waals surface area contributed by atoms with Gasteiger partial charge in [0.15, 0.2) is 5.78 Å². The smallest absolute Gasteiger partial charge is 0.270 e. The van der Waals surface area contributed by atoms with E-state index in [2.05, 4.69) is 29.4 Å². The summed E-state index contributed by atoms with van der Waals surface area (Å²) in [7, 11) is 0. The number of aromatic nitrogens is 1. The Labute approximate surface area is 154 Å². The molecule has 2 aromatic rings. The number of nitrogens with zero attached hydrogens (tertiary/aromatic N) is 1. The number of nitrogens with one attached hydrogen (secondary N) is 2. The van der Waals surface area contributed by atoms with Crippen LogP contribution >= 0.6 is 0 Å². The van der Waals surface area contributed by atoms with Crippen molar-refractivity contribution in [2.45, 2.75) is 46.6 Å². The number of carbonyl (C=O) groups excluding carboxylic acids is 2. The fourth-order valence-corrected chi connectivity index (χ4v) is 3.83. The van der Waals surface area contributed by atoms with Crippen LogP contribution < -0.4 is 5.32 Å².